The van der Waals surface area contributed by atoms with E-state index in [0.717, 1.165) is 6.42 Å². The van der Waals surface area contributed by atoms with Crippen LogP contribution < -0.4 is 4.90 Å². The van der Waals surface area contributed by atoms with E-state index in [-0.39, 0.29) is 11.5 Å². The molecule has 0 aromatic heterocycles. The highest BCUT2D eigenvalue weighted by molar-refractivity contribution is 5.88. The highest BCUT2D eigenvalue weighted by Gasteiger charge is 2.57. The van der Waals surface area contributed by atoms with Gasteiger partial charge in [0.2, 0.25) is 0 Å². The van der Waals surface area contributed by atoms with E-state index in [2.05, 4.69) is 199 Å². The lowest BCUT2D eigenvalue weighted by molar-refractivity contribution is 0.465. The van der Waals surface area contributed by atoms with Crippen LogP contribution in [0.1, 0.15) is 40.2 Å². The number of anilines is 2. The molecule has 0 aliphatic heterocycles. The summed E-state index contributed by atoms with van der Waals surface area (Å²) in [5.74, 6) is 0.662. The topological polar surface area (TPSA) is 3.24 Å². The molecular weight excluding hydrogens is 603 g/mol. The standard InChI is InChI=1S/C49H37N/c1-3-13-34(14-4-1)36-23-27-38(28-24-36)50(39-29-25-37(26-30-39)35-15-5-2-6-16-35)40-31-32-44-43-19-9-12-22-47(43)49(48(44)33-40)45-20-10-7-17-41(45)42-18-8-11-21-46(42)49/h1-29,31-33,39,41,45H,30H2. The monoisotopic (exact) mass is 639 g/mol. The normalized spacial score (nSPS) is 22.1. The average Bonchev–Trinajstić information content (AvgIpc) is 3.66. The van der Waals surface area contributed by atoms with Gasteiger partial charge in [-0.2, -0.15) is 0 Å². The molecule has 1 heteroatoms. The molecule has 1 spiro atoms. The predicted molar refractivity (Wildman–Crippen MR) is 209 cm³/mol. The Hall–Kier alpha value is -5.92. The fourth-order valence-electron chi connectivity index (χ4n) is 9.37. The SMILES string of the molecule is C1=CC2c3ccccc3C3(c4ccccc4-c4ccc(N(c5ccc(-c6ccccc6)cc5)C5C=CC(c6ccccc6)=CC5)cc43)C2C=C1. The first-order chi connectivity index (χ1) is 24.8. The van der Waals surface area contributed by atoms with Gasteiger partial charge in [0.25, 0.3) is 0 Å². The summed E-state index contributed by atoms with van der Waals surface area (Å²) in [4.78, 5) is 2.56. The Balaban J connectivity index is 1.14. The molecule has 6 aromatic carbocycles. The number of hydrogen-bond acceptors (Lipinski definition) is 1. The minimum Gasteiger partial charge on any atom is -0.334 e. The average molecular weight is 640 g/mol. The number of allylic oxidation sites excluding steroid dienone is 6. The van der Waals surface area contributed by atoms with Crippen molar-refractivity contribution in [2.45, 2.75) is 23.8 Å². The van der Waals surface area contributed by atoms with Gasteiger partial charge >= 0.3 is 0 Å². The molecule has 4 aliphatic carbocycles. The zero-order valence-electron chi connectivity index (χ0n) is 27.9. The molecule has 0 radical (unpaired) electrons. The molecule has 6 aromatic rings. The molecule has 0 saturated carbocycles. The van der Waals surface area contributed by atoms with Crippen molar-refractivity contribution >= 4 is 16.9 Å². The van der Waals surface area contributed by atoms with Gasteiger partial charge in [0.1, 0.15) is 0 Å². The van der Waals surface area contributed by atoms with Crippen LogP contribution in [0.2, 0.25) is 0 Å². The summed E-state index contributed by atoms with van der Waals surface area (Å²) in [6.07, 6.45) is 17.5. The smallest absolute Gasteiger partial charge is 0.0560 e. The first-order valence-electron chi connectivity index (χ1n) is 17.9. The number of fused-ring (bicyclic) bond motifs is 10. The Morgan fingerprint density at radius 2 is 1.14 bits per heavy atom. The van der Waals surface area contributed by atoms with Crippen molar-refractivity contribution in [2.24, 2.45) is 5.92 Å². The van der Waals surface area contributed by atoms with Crippen LogP contribution in [0.4, 0.5) is 11.4 Å². The van der Waals surface area contributed by atoms with Crippen molar-refractivity contribution in [2.75, 3.05) is 4.90 Å². The van der Waals surface area contributed by atoms with Crippen molar-refractivity contribution in [3.8, 4) is 22.3 Å². The third kappa shape index (κ3) is 4.33. The van der Waals surface area contributed by atoms with Gasteiger partial charge < -0.3 is 4.90 Å². The summed E-state index contributed by atoms with van der Waals surface area (Å²) in [5, 5.41) is 0. The van der Waals surface area contributed by atoms with Gasteiger partial charge in [-0.25, -0.2) is 0 Å². The molecule has 4 atom stereocenters. The van der Waals surface area contributed by atoms with Gasteiger partial charge in [0.05, 0.1) is 11.5 Å². The van der Waals surface area contributed by atoms with Gasteiger partial charge in [0, 0.05) is 23.2 Å². The van der Waals surface area contributed by atoms with Crippen LogP contribution in [0.3, 0.4) is 0 Å². The third-order valence-corrected chi connectivity index (χ3v) is 11.5. The Morgan fingerprint density at radius 1 is 0.500 bits per heavy atom. The molecular formula is C49H37N. The molecule has 0 heterocycles. The summed E-state index contributed by atoms with van der Waals surface area (Å²) >= 11 is 0. The minimum absolute atomic E-state index is 0.170. The summed E-state index contributed by atoms with van der Waals surface area (Å²) < 4.78 is 0. The van der Waals surface area contributed by atoms with Crippen molar-refractivity contribution in [1.82, 2.24) is 0 Å². The molecule has 0 amide bonds. The van der Waals surface area contributed by atoms with Gasteiger partial charge in [-0.05, 0) is 86.3 Å². The summed E-state index contributed by atoms with van der Waals surface area (Å²) in [7, 11) is 0. The molecule has 1 nitrogen and oxygen atoms in total. The molecule has 10 rings (SSSR count). The first-order valence-corrected chi connectivity index (χ1v) is 17.9. The number of nitrogens with zero attached hydrogens (tertiary/aromatic N) is 1. The largest absolute Gasteiger partial charge is 0.334 e. The molecule has 4 unspecified atom stereocenters. The van der Waals surface area contributed by atoms with Crippen LogP contribution in [-0.4, -0.2) is 6.04 Å². The van der Waals surface area contributed by atoms with Crippen LogP contribution in [0.5, 0.6) is 0 Å². The van der Waals surface area contributed by atoms with Crippen LogP contribution in [0.25, 0.3) is 27.8 Å². The van der Waals surface area contributed by atoms with Crippen LogP contribution in [0.15, 0.2) is 194 Å². The number of benzene rings is 6. The molecule has 0 bridgehead atoms. The van der Waals surface area contributed by atoms with Crippen molar-refractivity contribution in [1.29, 1.82) is 0 Å². The zero-order valence-corrected chi connectivity index (χ0v) is 27.9. The maximum atomic E-state index is 2.56. The lowest BCUT2D eigenvalue weighted by atomic mass is 9.65. The first kappa shape index (κ1) is 29.0. The molecule has 4 aliphatic rings. The second kappa shape index (κ2) is 11.6. The summed E-state index contributed by atoms with van der Waals surface area (Å²) in [6.45, 7) is 0. The van der Waals surface area contributed by atoms with Crippen LogP contribution in [-0.2, 0) is 5.41 Å². The molecule has 0 N–H and O–H groups in total. The maximum Gasteiger partial charge on any atom is 0.0560 e. The molecule has 0 saturated heterocycles. The van der Waals surface area contributed by atoms with Crippen molar-refractivity contribution in [3.63, 3.8) is 0 Å². The van der Waals surface area contributed by atoms with Gasteiger partial charge in [-0.15, -0.1) is 0 Å². The summed E-state index contributed by atoms with van der Waals surface area (Å²) in [6, 6.07) is 56.4. The van der Waals surface area contributed by atoms with E-state index >= 15 is 0 Å². The second-order valence-electron chi connectivity index (χ2n) is 14.0. The van der Waals surface area contributed by atoms with E-state index in [0.29, 0.717) is 11.8 Å². The Bertz CT molecular complexity index is 2360. The minimum atomic E-state index is -0.254. The number of rotatable bonds is 5. The van der Waals surface area contributed by atoms with E-state index in [4.69, 9.17) is 0 Å². The Kier molecular flexibility index (Phi) is 6.74. The van der Waals surface area contributed by atoms with E-state index in [1.807, 2.05) is 0 Å². The number of hydrogen-bond donors (Lipinski definition) is 0. The van der Waals surface area contributed by atoms with E-state index in [1.54, 1.807) is 0 Å². The maximum absolute atomic E-state index is 2.56. The Labute approximate surface area is 294 Å². The second-order valence-corrected chi connectivity index (χ2v) is 14.0. The fraction of sp³-hybridized carbons (Fsp3) is 0.102. The Morgan fingerprint density at radius 3 is 1.92 bits per heavy atom. The van der Waals surface area contributed by atoms with Crippen LogP contribution >= 0.6 is 0 Å². The molecule has 238 valence electrons. The summed E-state index contributed by atoms with van der Waals surface area (Å²) in [5.41, 5.74) is 15.7. The lowest BCUT2D eigenvalue weighted by Crippen LogP contribution is -2.34. The van der Waals surface area contributed by atoms with E-state index in [1.165, 1.54) is 67.0 Å². The van der Waals surface area contributed by atoms with Gasteiger partial charge in [-0.1, -0.05) is 170 Å². The highest BCUT2D eigenvalue weighted by Crippen LogP contribution is 2.65. The quantitative estimate of drug-likeness (QED) is 0.181. The molecule has 0 fully saturated rings. The van der Waals surface area contributed by atoms with Crippen molar-refractivity contribution < 1.29 is 0 Å². The lowest BCUT2D eigenvalue weighted by Gasteiger charge is -2.38. The van der Waals surface area contributed by atoms with Gasteiger partial charge in [0.15, 0.2) is 0 Å². The van der Waals surface area contributed by atoms with Crippen LogP contribution in [0, 0.1) is 5.92 Å². The van der Waals surface area contributed by atoms with Gasteiger partial charge in [-0.3, -0.25) is 0 Å². The fourth-order valence-corrected chi connectivity index (χ4v) is 9.37. The molecule has 50 heavy (non-hydrogen) atoms. The highest BCUT2D eigenvalue weighted by atomic mass is 15.2. The van der Waals surface area contributed by atoms with E-state index < -0.39 is 0 Å². The zero-order chi connectivity index (χ0) is 33.1. The third-order valence-electron chi connectivity index (χ3n) is 11.5. The van der Waals surface area contributed by atoms with E-state index in [9.17, 15) is 0 Å². The van der Waals surface area contributed by atoms with Crippen molar-refractivity contribution in [3.05, 3.63) is 222 Å². The predicted octanol–water partition coefficient (Wildman–Crippen LogP) is 12.1.